The van der Waals surface area contributed by atoms with E-state index < -0.39 is 5.41 Å². The van der Waals surface area contributed by atoms with Crippen LogP contribution < -0.4 is 19.6 Å². The third-order valence-electron chi connectivity index (χ3n) is 15.5. The first kappa shape index (κ1) is 59.3. The molecule has 0 radical (unpaired) electrons. The molecule has 4 fully saturated rings. The second-order valence-corrected chi connectivity index (χ2v) is 31.6. The highest BCUT2D eigenvalue weighted by Crippen LogP contribution is 2.46. The number of hydrogen-bond acceptors (Lipinski definition) is 12. The van der Waals surface area contributed by atoms with E-state index in [1.807, 2.05) is 86.4 Å². The molecule has 85 heavy (non-hydrogen) atoms. The molecule has 4 heterocycles. The van der Waals surface area contributed by atoms with E-state index >= 15 is 0 Å². The van der Waals surface area contributed by atoms with Gasteiger partial charge in [-0.15, -0.1) is 0 Å². The highest BCUT2D eigenvalue weighted by Gasteiger charge is 2.38. The lowest BCUT2D eigenvalue weighted by molar-refractivity contribution is 0.744. The average molecular weight is 1250 g/mol. The van der Waals surface area contributed by atoms with Gasteiger partial charge in [-0.05, 0) is 168 Å². The highest BCUT2D eigenvalue weighted by atomic mass is 33.1. The summed E-state index contributed by atoms with van der Waals surface area (Å²) in [6.07, 6.45) is 0. The highest BCUT2D eigenvalue weighted by molar-refractivity contribution is 8.77. The Hall–Kier alpha value is -6.00. The predicted octanol–water partition coefficient (Wildman–Crippen LogP) is 16.5. The number of hydrogen-bond donors (Lipinski definition) is 0. The molecule has 0 amide bonds. The minimum absolute atomic E-state index is 0.753. The van der Waals surface area contributed by atoms with Crippen molar-refractivity contribution in [1.29, 1.82) is 0 Å². The lowest BCUT2D eigenvalue weighted by atomic mass is 9.65. The summed E-state index contributed by atoms with van der Waals surface area (Å²) in [5.41, 5.74) is 16.6. The first-order chi connectivity index (χ1) is 42.1. The first-order valence-corrected chi connectivity index (χ1v) is 38.9. The van der Waals surface area contributed by atoms with Gasteiger partial charge in [0.05, 0.1) is 5.41 Å². The van der Waals surface area contributed by atoms with Crippen molar-refractivity contribution in [3.8, 4) is 47.4 Å². The number of anilines is 4. The number of nitrogens with zero attached hydrogens (tertiary/aromatic N) is 4. The molecule has 8 aromatic carbocycles. The lowest BCUT2D eigenvalue weighted by Crippen LogP contribution is -2.31. The molecule has 0 unspecified atom stereocenters. The SMILES string of the molecule is C(#Cc1ccc(C(c2ccc(C#Cc3ccc(N4CCSSCC4)cc3)cc2)(c2ccc(C#Cc3ccc(N4CCSSCC4)cc3)cc2)c2ccc(C#Cc3ccc(N4CCSSCC4)cc3)cc2)cc1)c1ccc(N2CCSSCC2)cc1. The second-order valence-electron chi connectivity index (χ2n) is 20.8. The van der Waals surface area contributed by atoms with Gasteiger partial charge < -0.3 is 19.6 Å². The fourth-order valence-electron chi connectivity index (χ4n) is 10.9. The molecule has 4 nitrogen and oxygen atoms in total. The molecule has 8 aromatic rings. The zero-order valence-electron chi connectivity index (χ0n) is 47.3. The molecule has 0 bridgehead atoms. The number of rotatable bonds is 8. The fraction of sp³-hybridized carbons (Fsp3) is 0.233. The smallest absolute Gasteiger partial charge is 0.0701 e. The standard InChI is InChI=1S/C73H64N4S8/c1(5-61-17-33-69(34-18-61)74-41-49-78-79-50-42-74)57-9-25-65(26-10-57)73(66-27-11-58(12-28-66)2-6-62-19-35-70(36-20-62)75-43-51-80-81-52-44-75,67-29-13-59(14-30-67)3-7-63-21-37-71(38-22-63)76-45-53-82-83-54-46-76)68-31-15-60(16-32-68)4-8-64-23-39-72(40-24-64)77-47-55-84-85-56-48-77/h9-40H,41-56H2. The van der Waals surface area contributed by atoms with Crippen molar-refractivity contribution >= 4 is 109 Å². The van der Waals surface area contributed by atoms with Gasteiger partial charge in [0.15, 0.2) is 0 Å². The molecular formula is C73H64N4S8. The minimum atomic E-state index is -0.753. The van der Waals surface area contributed by atoms with Crippen molar-refractivity contribution in [2.75, 3.05) is 118 Å². The third kappa shape index (κ3) is 15.6. The monoisotopic (exact) mass is 1250 g/mol. The van der Waals surface area contributed by atoms with Crippen molar-refractivity contribution < 1.29 is 0 Å². The Morgan fingerprint density at radius 1 is 0.200 bits per heavy atom. The molecule has 4 saturated heterocycles. The third-order valence-corrected chi connectivity index (χ3v) is 25.0. The Morgan fingerprint density at radius 3 is 0.494 bits per heavy atom. The largest absolute Gasteiger partial charge is 0.370 e. The summed E-state index contributed by atoms with van der Waals surface area (Å²) in [6, 6.07) is 70.6. The van der Waals surface area contributed by atoms with Crippen molar-refractivity contribution in [2.45, 2.75) is 5.41 Å². The quantitative estimate of drug-likeness (QED) is 0.0817. The minimum Gasteiger partial charge on any atom is -0.370 e. The summed E-state index contributed by atoms with van der Waals surface area (Å²) in [5.74, 6) is 37.1. The van der Waals surface area contributed by atoms with Crippen LogP contribution in [0.4, 0.5) is 22.7 Å². The Balaban J connectivity index is 0.895. The maximum atomic E-state index is 3.51. The first-order valence-electron chi connectivity index (χ1n) is 29.0. The zero-order valence-corrected chi connectivity index (χ0v) is 53.9. The maximum absolute atomic E-state index is 3.51. The molecule has 12 rings (SSSR count). The lowest BCUT2D eigenvalue weighted by Gasteiger charge is -2.37. The molecule has 4 aliphatic rings. The Labute approximate surface area is 536 Å². The Morgan fingerprint density at radius 2 is 0.341 bits per heavy atom. The van der Waals surface area contributed by atoms with E-state index in [0.29, 0.717) is 0 Å². The molecule has 0 spiro atoms. The summed E-state index contributed by atoms with van der Waals surface area (Å²) in [5, 5.41) is 0. The van der Waals surface area contributed by atoms with Gasteiger partial charge in [0, 0.05) is 166 Å². The summed E-state index contributed by atoms with van der Waals surface area (Å²) in [6.45, 7) is 8.54. The van der Waals surface area contributed by atoms with E-state index in [2.05, 4.69) is 261 Å². The van der Waals surface area contributed by atoms with Crippen LogP contribution >= 0.6 is 86.4 Å². The summed E-state index contributed by atoms with van der Waals surface area (Å²) >= 11 is 0. The molecule has 0 atom stereocenters. The predicted molar refractivity (Wildman–Crippen MR) is 383 cm³/mol. The van der Waals surface area contributed by atoms with Crippen molar-refractivity contribution in [3.05, 3.63) is 261 Å². The molecule has 12 heteroatoms. The summed E-state index contributed by atoms with van der Waals surface area (Å²) in [7, 11) is 15.8. The Bertz CT molecular complexity index is 3220. The normalized spacial score (nSPS) is 15.8. The molecule has 4 aliphatic heterocycles. The van der Waals surface area contributed by atoms with Crippen molar-refractivity contribution in [2.24, 2.45) is 0 Å². The van der Waals surface area contributed by atoms with Crippen molar-refractivity contribution in [3.63, 3.8) is 0 Å². The van der Waals surface area contributed by atoms with E-state index in [-0.39, 0.29) is 0 Å². The van der Waals surface area contributed by atoms with Crippen LogP contribution in [0.5, 0.6) is 0 Å². The van der Waals surface area contributed by atoms with Gasteiger partial charge >= 0.3 is 0 Å². The van der Waals surface area contributed by atoms with Crippen LogP contribution in [0.3, 0.4) is 0 Å². The van der Waals surface area contributed by atoms with E-state index in [1.54, 1.807) is 0 Å². The topological polar surface area (TPSA) is 13.0 Å². The van der Waals surface area contributed by atoms with Crippen molar-refractivity contribution in [1.82, 2.24) is 0 Å². The second kappa shape index (κ2) is 30.1. The van der Waals surface area contributed by atoms with Gasteiger partial charge in [-0.25, -0.2) is 0 Å². The van der Waals surface area contributed by atoms with Crippen LogP contribution in [0, 0.1) is 47.4 Å². The van der Waals surface area contributed by atoms with Gasteiger partial charge in [-0.1, -0.05) is 182 Å². The molecule has 0 saturated carbocycles. The van der Waals surface area contributed by atoms with E-state index in [1.165, 1.54) is 22.7 Å². The van der Waals surface area contributed by atoms with Crippen LogP contribution in [-0.4, -0.2) is 98.4 Å². The molecule has 424 valence electrons. The van der Waals surface area contributed by atoms with Crippen LogP contribution in [0.1, 0.15) is 66.8 Å². The van der Waals surface area contributed by atoms with Gasteiger partial charge in [0.1, 0.15) is 0 Å². The van der Waals surface area contributed by atoms with E-state index in [9.17, 15) is 0 Å². The van der Waals surface area contributed by atoms with Gasteiger partial charge in [-0.2, -0.15) is 0 Å². The summed E-state index contributed by atoms with van der Waals surface area (Å²) in [4.78, 5) is 9.94. The zero-order chi connectivity index (χ0) is 57.3. The average Bonchev–Trinajstić information content (AvgIpc) is 1.97. The molecule has 0 aromatic heterocycles. The molecule has 0 N–H and O–H groups in total. The van der Waals surface area contributed by atoms with Crippen LogP contribution in [0.2, 0.25) is 0 Å². The molecular weight excluding hydrogens is 1190 g/mol. The van der Waals surface area contributed by atoms with Crippen LogP contribution in [0.15, 0.2) is 194 Å². The van der Waals surface area contributed by atoms with E-state index in [4.69, 9.17) is 0 Å². The van der Waals surface area contributed by atoms with Gasteiger partial charge in [0.25, 0.3) is 0 Å². The summed E-state index contributed by atoms with van der Waals surface area (Å²) < 4.78 is 0. The molecule has 0 aliphatic carbocycles. The van der Waals surface area contributed by atoms with Crippen LogP contribution in [-0.2, 0) is 5.41 Å². The Kier molecular flexibility index (Phi) is 21.0. The van der Waals surface area contributed by atoms with E-state index in [0.717, 1.165) is 165 Å². The van der Waals surface area contributed by atoms with Gasteiger partial charge in [0.2, 0.25) is 0 Å². The fourth-order valence-corrected chi connectivity index (χ4v) is 18.9. The number of benzene rings is 8. The van der Waals surface area contributed by atoms with Crippen LogP contribution in [0.25, 0.3) is 0 Å². The maximum Gasteiger partial charge on any atom is 0.0701 e. The van der Waals surface area contributed by atoms with Gasteiger partial charge in [-0.3, -0.25) is 0 Å².